The number of benzene rings is 3. The van der Waals surface area contributed by atoms with E-state index in [1.807, 2.05) is 60.7 Å². The van der Waals surface area contributed by atoms with Gasteiger partial charge < -0.3 is 24.7 Å². The zero-order chi connectivity index (χ0) is 24.9. The minimum Gasteiger partial charge on any atom is -0.504 e. The van der Waals surface area contributed by atoms with E-state index in [1.165, 1.54) is 18.2 Å². The van der Waals surface area contributed by atoms with Gasteiger partial charge in [-0.15, -0.1) is 0 Å². The average molecular weight is 486 g/mol. The van der Waals surface area contributed by atoms with Gasteiger partial charge >= 0.3 is 5.97 Å². The number of hydrogen-bond acceptors (Lipinski definition) is 6. The van der Waals surface area contributed by atoms with Crippen LogP contribution in [0.1, 0.15) is 28.4 Å². The Bertz CT molecular complexity index is 1310. The lowest BCUT2D eigenvalue weighted by Gasteiger charge is -2.41. The number of hydrogen-bond donors (Lipinski definition) is 3. The lowest BCUT2D eigenvalue weighted by Crippen LogP contribution is -2.57. The number of ether oxygens (including phenoxy) is 1. The Morgan fingerprint density at radius 3 is 2.42 bits per heavy atom. The summed E-state index contributed by atoms with van der Waals surface area (Å²) in [6.07, 6.45) is 0.925. The number of ketones is 1. The van der Waals surface area contributed by atoms with Crippen LogP contribution >= 0.6 is 0 Å². The number of quaternary nitrogens is 1. The number of carbonyl (C=O) groups is 2. The second kappa shape index (κ2) is 8.38. The predicted molar refractivity (Wildman–Crippen MR) is 133 cm³/mol. The molecule has 3 aliphatic heterocycles. The Balaban J connectivity index is 1.20. The van der Waals surface area contributed by atoms with E-state index in [4.69, 9.17) is 4.74 Å². The van der Waals surface area contributed by atoms with Gasteiger partial charge in [0.2, 0.25) is 5.78 Å². The number of anilines is 1. The van der Waals surface area contributed by atoms with Crippen LogP contribution in [0.5, 0.6) is 11.5 Å². The van der Waals surface area contributed by atoms with E-state index in [2.05, 4.69) is 5.32 Å². The number of esters is 1. The number of aromatic hydroxyl groups is 2. The van der Waals surface area contributed by atoms with Crippen molar-refractivity contribution in [3.8, 4) is 11.5 Å². The van der Waals surface area contributed by atoms with Crippen LogP contribution in [0.2, 0.25) is 0 Å². The molecule has 3 N–H and O–H groups in total. The molecule has 3 heterocycles. The van der Waals surface area contributed by atoms with Gasteiger partial charge in [-0.1, -0.05) is 48.5 Å². The molecule has 7 heteroatoms. The van der Waals surface area contributed by atoms with Gasteiger partial charge in [0.25, 0.3) is 0 Å². The monoisotopic (exact) mass is 485 g/mol. The summed E-state index contributed by atoms with van der Waals surface area (Å²) in [5, 5.41) is 22.7. The summed E-state index contributed by atoms with van der Waals surface area (Å²) in [4.78, 5) is 26.7. The maximum absolute atomic E-state index is 13.6. The van der Waals surface area contributed by atoms with Gasteiger partial charge in [-0.2, -0.15) is 0 Å². The van der Waals surface area contributed by atoms with Crippen LogP contribution in [0.4, 0.5) is 5.69 Å². The van der Waals surface area contributed by atoms with Gasteiger partial charge in [0.05, 0.1) is 19.0 Å². The van der Waals surface area contributed by atoms with E-state index < -0.39 is 11.6 Å². The van der Waals surface area contributed by atoms with Crippen molar-refractivity contribution in [2.45, 2.75) is 18.1 Å². The minimum atomic E-state index is -0.631. The number of phenolic OH excluding ortho intramolecular Hbond substituents is 2. The lowest BCUT2D eigenvalue weighted by molar-refractivity contribution is -0.922. The Hall–Kier alpha value is -3.84. The second-order valence-electron chi connectivity index (χ2n) is 10.4. The maximum atomic E-state index is 13.6. The number of para-hydroxylation sites is 1. The Kier molecular flexibility index (Phi) is 5.26. The average Bonchev–Trinajstić information content (AvgIpc) is 3.38. The molecule has 4 aliphatic rings. The molecule has 3 saturated heterocycles. The molecule has 0 aromatic heterocycles. The van der Waals surface area contributed by atoms with E-state index in [1.54, 1.807) is 0 Å². The number of nitrogens with zero attached hydrogens (tertiary/aromatic N) is 1. The third-order valence-corrected chi connectivity index (χ3v) is 8.23. The molecule has 0 amide bonds. The van der Waals surface area contributed by atoms with Crippen LogP contribution in [0.3, 0.4) is 0 Å². The molecule has 5 atom stereocenters. The molecule has 7 nitrogen and oxygen atoms in total. The van der Waals surface area contributed by atoms with Crippen LogP contribution in [0, 0.1) is 11.8 Å². The van der Waals surface area contributed by atoms with Gasteiger partial charge in [0.1, 0.15) is 13.1 Å². The molecular formula is C29H29N2O5+. The van der Waals surface area contributed by atoms with Crippen LogP contribution in [-0.4, -0.2) is 58.2 Å². The van der Waals surface area contributed by atoms with Crippen LogP contribution < -0.4 is 5.32 Å². The minimum absolute atomic E-state index is 0.0839. The summed E-state index contributed by atoms with van der Waals surface area (Å²) in [6, 6.07) is 22.8. The van der Waals surface area contributed by atoms with E-state index >= 15 is 0 Å². The zero-order valence-electron chi connectivity index (χ0n) is 19.8. The molecule has 184 valence electrons. The van der Waals surface area contributed by atoms with Crippen molar-refractivity contribution in [2.24, 2.45) is 11.8 Å². The molecule has 3 aromatic carbocycles. The Labute approximate surface area is 209 Å². The van der Waals surface area contributed by atoms with Crippen LogP contribution in [0.25, 0.3) is 0 Å². The first-order valence-electron chi connectivity index (χ1n) is 12.4. The number of nitrogens with one attached hydrogen (secondary N) is 1. The summed E-state index contributed by atoms with van der Waals surface area (Å²) >= 11 is 0. The molecule has 3 unspecified atom stereocenters. The fourth-order valence-corrected chi connectivity index (χ4v) is 6.47. The summed E-state index contributed by atoms with van der Waals surface area (Å²) in [6.45, 7) is 2.62. The first-order chi connectivity index (χ1) is 17.4. The number of Topliss-reactive ketones (excluding diaryl/α,β-unsaturated/α-hetero) is 1. The van der Waals surface area contributed by atoms with Crippen molar-refractivity contribution in [1.29, 1.82) is 0 Å². The SMILES string of the molecule is O=C(C[N+]12CCC3C(C1)[C@@]3(OC(=O)[C@H](Nc1ccccc1)c1ccccc1)C2)c1ccc(O)c(O)c1. The van der Waals surface area contributed by atoms with Gasteiger partial charge in [-0.25, -0.2) is 4.79 Å². The van der Waals surface area contributed by atoms with Crippen LogP contribution in [-0.2, 0) is 9.53 Å². The largest absolute Gasteiger partial charge is 0.504 e. The van der Waals surface area contributed by atoms with E-state index in [0.717, 1.165) is 30.8 Å². The smallest absolute Gasteiger partial charge is 0.334 e. The van der Waals surface area contributed by atoms with Gasteiger partial charge in [0, 0.05) is 23.6 Å². The third-order valence-electron chi connectivity index (χ3n) is 8.23. The Morgan fingerprint density at radius 2 is 1.69 bits per heavy atom. The predicted octanol–water partition coefficient (Wildman–Crippen LogP) is 3.90. The van der Waals surface area contributed by atoms with Gasteiger partial charge in [-0.05, 0) is 35.9 Å². The number of carbonyl (C=O) groups excluding carboxylic acids is 2. The first kappa shape index (κ1) is 22.6. The van der Waals surface area contributed by atoms with E-state index in [-0.39, 0.29) is 35.7 Å². The molecule has 0 radical (unpaired) electrons. The molecule has 4 bridgehead atoms. The van der Waals surface area contributed by atoms with Crippen molar-refractivity contribution in [3.63, 3.8) is 0 Å². The van der Waals surface area contributed by atoms with Gasteiger partial charge in [-0.3, -0.25) is 4.79 Å². The van der Waals surface area contributed by atoms with Crippen molar-refractivity contribution in [3.05, 3.63) is 90.0 Å². The molecule has 0 spiro atoms. The standard InChI is InChI=1S/C29H28N2O5/c32-24-12-11-20(15-25(24)33)26(34)17-31-14-13-22-23(16-31)29(22,18-31)36-28(35)27(19-7-3-1-4-8-19)30-21-9-5-2-6-10-21/h1-12,15,22-23,27,30H,13-14,16-18H2,(H-,32,33,34)/p+1/t22?,23?,27-,29-,31?/m1/s1. The highest BCUT2D eigenvalue weighted by Crippen LogP contribution is 2.65. The van der Waals surface area contributed by atoms with Gasteiger partial charge in [0.15, 0.2) is 23.1 Å². The summed E-state index contributed by atoms with van der Waals surface area (Å²) in [7, 11) is 0. The maximum Gasteiger partial charge on any atom is 0.334 e. The zero-order valence-corrected chi connectivity index (χ0v) is 19.8. The number of fused-ring (bicyclic) bond motifs is 1. The highest BCUT2D eigenvalue weighted by molar-refractivity contribution is 5.97. The molecule has 4 fully saturated rings. The van der Waals surface area contributed by atoms with Crippen molar-refractivity contribution >= 4 is 17.4 Å². The Morgan fingerprint density at radius 1 is 0.972 bits per heavy atom. The summed E-state index contributed by atoms with van der Waals surface area (Å²) in [5.41, 5.74) is 1.55. The topological polar surface area (TPSA) is 95.9 Å². The third kappa shape index (κ3) is 3.80. The summed E-state index contributed by atoms with van der Waals surface area (Å²) in [5.74, 6) is -0.308. The fraction of sp³-hybridized carbons (Fsp3) is 0.310. The number of phenols is 2. The number of rotatable bonds is 8. The van der Waals surface area contributed by atoms with Crippen molar-refractivity contribution in [1.82, 2.24) is 0 Å². The van der Waals surface area contributed by atoms with Crippen molar-refractivity contribution in [2.75, 3.05) is 31.5 Å². The normalized spacial score (nSPS) is 28.2. The molecule has 7 rings (SSSR count). The fourth-order valence-electron chi connectivity index (χ4n) is 6.47. The molecule has 36 heavy (non-hydrogen) atoms. The highest BCUT2D eigenvalue weighted by atomic mass is 16.6. The first-order valence-corrected chi connectivity index (χ1v) is 12.4. The number of piperidine rings is 3. The van der Waals surface area contributed by atoms with E-state index in [0.29, 0.717) is 22.5 Å². The molecule has 3 aromatic rings. The quantitative estimate of drug-likeness (QED) is 0.194. The highest BCUT2D eigenvalue weighted by Gasteiger charge is 2.81. The summed E-state index contributed by atoms with van der Waals surface area (Å²) < 4.78 is 6.94. The lowest BCUT2D eigenvalue weighted by atomic mass is 10.0. The molecular weight excluding hydrogens is 456 g/mol. The van der Waals surface area contributed by atoms with Crippen LogP contribution in [0.15, 0.2) is 78.9 Å². The second-order valence-corrected chi connectivity index (χ2v) is 10.4. The van der Waals surface area contributed by atoms with Crippen molar-refractivity contribution < 1.29 is 29.0 Å². The molecule has 1 aliphatic carbocycles. The molecule has 1 saturated carbocycles. The van der Waals surface area contributed by atoms with E-state index in [9.17, 15) is 19.8 Å².